The maximum atomic E-state index is 11.9. The molecule has 1 amide bonds. The zero-order chi connectivity index (χ0) is 10.8. The van der Waals surface area contributed by atoms with Crippen LogP contribution in [0.4, 0.5) is 0 Å². The second-order valence-corrected chi connectivity index (χ2v) is 5.34. The summed E-state index contributed by atoms with van der Waals surface area (Å²) in [4.78, 5) is 13.9. The van der Waals surface area contributed by atoms with Gasteiger partial charge in [-0.1, -0.05) is 13.8 Å². The largest absolute Gasteiger partial charge is 0.341 e. The van der Waals surface area contributed by atoms with Gasteiger partial charge in [-0.2, -0.15) is 0 Å². The smallest absolute Gasteiger partial charge is 0.222 e. The first-order chi connectivity index (χ1) is 7.16. The molecule has 3 heteroatoms. The van der Waals surface area contributed by atoms with Gasteiger partial charge < -0.3 is 10.2 Å². The predicted octanol–water partition coefficient (Wildman–Crippen LogP) is 1.24. The van der Waals surface area contributed by atoms with E-state index in [1.807, 2.05) is 0 Å². The number of amides is 1. The van der Waals surface area contributed by atoms with Crippen molar-refractivity contribution in [2.45, 2.75) is 39.2 Å². The van der Waals surface area contributed by atoms with Gasteiger partial charge in [-0.3, -0.25) is 4.79 Å². The molecule has 0 aromatic heterocycles. The lowest BCUT2D eigenvalue weighted by molar-refractivity contribution is -0.130. The van der Waals surface area contributed by atoms with Gasteiger partial charge in [-0.25, -0.2) is 0 Å². The van der Waals surface area contributed by atoms with Crippen LogP contribution >= 0.6 is 0 Å². The second kappa shape index (κ2) is 4.52. The van der Waals surface area contributed by atoms with Crippen LogP contribution in [0.2, 0.25) is 0 Å². The highest BCUT2D eigenvalue weighted by Crippen LogP contribution is 2.25. The zero-order valence-corrected chi connectivity index (χ0v) is 9.83. The van der Waals surface area contributed by atoms with E-state index >= 15 is 0 Å². The molecule has 2 unspecified atom stereocenters. The third-order valence-electron chi connectivity index (χ3n) is 3.65. The van der Waals surface area contributed by atoms with Crippen LogP contribution in [0.25, 0.3) is 0 Å². The molecule has 2 heterocycles. The number of hydrogen-bond donors (Lipinski definition) is 1. The Kier molecular flexibility index (Phi) is 3.29. The number of hydrogen-bond acceptors (Lipinski definition) is 2. The first-order valence-electron chi connectivity index (χ1n) is 6.18. The van der Waals surface area contributed by atoms with Gasteiger partial charge in [0.1, 0.15) is 0 Å². The fraction of sp³-hybridized carbons (Fsp3) is 0.917. The highest BCUT2D eigenvalue weighted by atomic mass is 16.2. The fourth-order valence-electron chi connectivity index (χ4n) is 2.62. The van der Waals surface area contributed by atoms with Crippen molar-refractivity contribution in [1.29, 1.82) is 0 Å². The number of carbonyl (C=O) groups excluding carboxylic acids is 1. The van der Waals surface area contributed by atoms with Crippen molar-refractivity contribution in [2.75, 3.05) is 19.6 Å². The number of nitrogens with one attached hydrogen (secondary N) is 1. The minimum Gasteiger partial charge on any atom is -0.341 e. The van der Waals surface area contributed by atoms with Crippen molar-refractivity contribution in [3.05, 3.63) is 0 Å². The van der Waals surface area contributed by atoms with Crippen molar-refractivity contribution in [3.63, 3.8) is 0 Å². The average Bonchev–Trinajstić information content (AvgIpc) is 2.72. The van der Waals surface area contributed by atoms with E-state index in [1.165, 1.54) is 6.42 Å². The SMILES string of the molecule is CC(C)CCC(=O)N1CC2CCNC2C1. The van der Waals surface area contributed by atoms with Crippen molar-refractivity contribution < 1.29 is 4.79 Å². The Morgan fingerprint density at radius 3 is 2.93 bits per heavy atom. The first-order valence-corrected chi connectivity index (χ1v) is 6.18. The van der Waals surface area contributed by atoms with E-state index in [-0.39, 0.29) is 0 Å². The molecule has 2 fully saturated rings. The molecule has 3 nitrogen and oxygen atoms in total. The van der Waals surface area contributed by atoms with Crippen LogP contribution in [0, 0.1) is 11.8 Å². The summed E-state index contributed by atoms with van der Waals surface area (Å²) in [6.07, 6.45) is 3.01. The zero-order valence-electron chi connectivity index (χ0n) is 9.83. The minimum absolute atomic E-state index is 0.361. The van der Waals surface area contributed by atoms with Gasteiger partial charge in [0.15, 0.2) is 0 Å². The monoisotopic (exact) mass is 210 g/mol. The van der Waals surface area contributed by atoms with Gasteiger partial charge in [0.2, 0.25) is 5.91 Å². The lowest BCUT2D eigenvalue weighted by Crippen LogP contribution is -2.33. The lowest BCUT2D eigenvalue weighted by atomic mass is 10.1. The lowest BCUT2D eigenvalue weighted by Gasteiger charge is -2.17. The summed E-state index contributed by atoms with van der Waals surface area (Å²) in [6, 6.07) is 0.591. The molecule has 2 saturated heterocycles. The summed E-state index contributed by atoms with van der Waals surface area (Å²) in [7, 11) is 0. The molecule has 0 aromatic rings. The van der Waals surface area contributed by atoms with Crippen molar-refractivity contribution in [1.82, 2.24) is 10.2 Å². The van der Waals surface area contributed by atoms with Crippen molar-refractivity contribution >= 4 is 5.91 Å². The highest BCUT2D eigenvalue weighted by Gasteiger charge is 2.37. The standard InChI is InChI=1S/C12H22N2O/c1-9(2)3-4-12(15)14-7-10-5-6-13-11(10)8-14/h9-11,13H,3-8H2,1-2H3. The third kappa shape index (κ3) is 2.51. The van der Waals surface area contributed by atoms with Gasteiger partial charge in [0, 0.05) is 25.6 Å². The Labute approximate surface area is 92.2 Å². The summed E-state index contributed by atoms with van der Waals surface area (Å²) < 4.78 is 0. The average molecular weight is 210 g/mol. The Hall–Kier alpha value is -0.570. The summed E-state index contributed by atoms with van der Waals surface area (Å²) in [5.41, 5.74) is 0. The molecule has 0 spiro atoms. The second-order valence-electron chi connectivity index (χ2n) is 5.34. The molecule has 2 atom stereocenters. The quantitative estimate of drug-likeness (QED) is 0.760. The summed E-state index contributed by atoms with van der Waals surface area (Å²) in [6.45, 7) is 7.43. The van der Waals surface area contributed by atoms with Gasteiger partial charge >= 0.3 is 0 Å². The van der Waals surface area contributed by atoms with E-state index in [2.05, 4.69) is 24.1 Å². The van der Waals surface area contributed by atoms with Crippen LogP contribution in [-0.4, -0.2) is 36.5 Å². The minimum atomic E-state index is 0.361. The van der Waals surface area contributed by atoms with Gasteiger partial charge in [-0.15, -0.1) is 0 Å². The van der Waals surface area contributed by atoms with Gasteiger partial charge in [0.25, 0.3) is 0 Å². The first kappa shape index (κ1) is 10.9. The Bertz CT molecular complexity index is 228. The molecule has 2 rings (SSSR count). The molecule has 86 valence electrons. The highest BCUT2D eigenvalue weighted by molar-refractivity contribution is 5.76. The molecular weight excluding hydrogens is 188 g/mol. The molecule has 15 heavy (non-hydrogen) atoms. The van der Waals surface area contributed by atoms with E-state index < -0.39 is 0 Å². The number of likely N-dealkylation sites (tertiary alicyclic amines) is 1. The molecule has 2 aliphatic heterocycles. The van der Waals surface area contributed by atoms with Crippen LogP contribution in [0.5, 0.6) is 0 Å². The Morgan fingerprint density at radius 2 is 2.27 bits per heavy atom. The van der Waals surface area contributed by atoms with Crippen LogP contribution in [0.3, 0.4) is 0 Å². The van der Waals surface area contributed by atoms with Gasteiger partial charge in [0.05, 0.1) is 0 Å². The summed E-state index contributed by atoms with van der Waals surface area (Å²) >= 11 is 0. The van der Waals surface area contributed by atoms with Crippen LogP contribution in [0.15, 0.2) is 0 Å². The maximum Gasteiger partial charge on any atom is 0.222 e. The topological polar surface area (TPSA) is 32.3 Å². The molecule has 0 aromatic carbocycles. The molecular formula is C12H22N2O. The molecule has 1 N–H and O–H groups in total. The molecule has 0 aliphatic carbocycles. The maximum absolute atomic E-state index is 11.9. The predicted molar refractivity (Wildman–Crippen MR) is 60.5 cm³/mol. The Morgan fingerprint density at radius 1 is 1.47 bits per heavy atom. The molecule has 0 radical (unpaired) electrons. The van der Waals surface area contributed by atoms with Crippen LogP contribution < -0.4 is 5.32 Å². The molecule has 0 bridgehead atoms. The van der Waals surface area contributed by atoms with Gasteiger partial charge in [-0.05, 0) is 31.2 Å². The van der Waals surface area contributed by atoms with E-state index in [1.54, 1.807) is 0 Å². The van der Waals surface area contributed by atoms with Crippen molar-refractivity contribution in [2.24, 2.45) is 11.8 Å². The number of carbonyl (C=O) groups is 1. The van der Waals surface area contributed by atoms with Crippen molar-refractivity contribution in [3.8, 4) is 0 Å². The number of nitrogens with zero attached hydrogens (tertiary/aromatic N) is 1. The number of fused-ring (bicyclic) bond motifs is 1. The third-order valence-corrected chi connectivity index (χ3v) is 3.65. The van der Waals surface area contributed by atoms with E-state index in [9.17, 15) is 4.79 Å². The molecule has 2 aliphatic rings. The Balaban J connectivity index is 1.78. The molecule has 0 saturated carbocycles. The fourth-order valence-corrected chi connectivity index (χ4v) is 2.62. The summed E-state index contributed by atoms with van der Waals surface area (Å²) in [5, 5.41) is 3.47. The van der Waals surface area contributed by atoms with E-state index in [4.69, 9.17) is 0 Å². The van der Waals surface area contributed by atoms with Crippen LogP contribution in [-0.2, 0) is 4.79 Å². The normalized spacial score (nSPS) is 29.9. The summed E-state index contributed by atoms with van der Waals surface area (Å²) in [5.74, 6) is 1.72. The van der Waals surface area contributed by atoms with E-state index in [0.29, 0.717) is 17.9 Å². The van der Waals surface area contributed by atoms with E-state index in [0.717, 1.165) is 38.4 Å². The van der Waals surface area contributed by atoms with Crippen LogP contribution in [0.1, 0.15) is 33.1 Å². The number of rotatable bonds is 3.